The van der Waals surface area contributed by atoms with Gasteiger partial charge in [-0.25, -0.2) is 0 Å². The van der Waals surface area contributed by atoms with Gasteiger partial charge in [0.05, 0.1) is 0 Å². The van der Waals surface area contributed by atoms with Crippen LogP contribution in [0.5, 0.6) is 0 Å². The van der Waals surface area contributed by atoms with E-state index >= 15 is 0 Å². The maximum absolute atomic E-state index is 11.8. The molecule has 0 saturated heterocycles. The number of methoxy groups -OCH3 is 1. The van der Waals surface area contributed by atoms with Crippen molar-refractivity contribution < 1.29 is 14.6 Å². The molecule has 5 heteroatoms. The zero-order valence-electron chi connectivity index (χ0n) is 9.94. The Labute approximate surface area is 112 Å². The summed E-state index contributed by atoms with van der Waals surface area (Å²) in [5.41, 5.74) is 0.672. The van der Waals surface area contributed by atoms with Gasteiger partial charge in [0.1, 0.15) is 0 Å². The van der Waals surface area contributed by atoms with Gasteiger partial charge in [0.15, 0.2) is 0 Å². The number of ether oxygens (including phenoxy) is 1. The van der Waals surface area contributed by atoms with Crippen molar-refractivity contribution in [2.24, 2.45) is 0 Å². The van der Waals surface area contributed by atoms with Crippen LogP contribution in [-0.2, 0) is 9.53 Å². The predicted molar refractivity (Wildman–Crippen MR) is 68.4 cm³/mol. The van der Waals surface area contributed by atoms with E-state index in [1.807, 2.05) is 5.82 Å². The topological polar surface area (TPSA) is 46.5 Å². The van der Waals surface area contributed by atoms with E-state index in [0.717, 1.165) is 0 Å². The Hall–Kier alpha value is -0.541. The Morgan fingerprint density at radius 3 is 2.41 bits per heavy atom. The first kappa shape index (κ1) is 14.5. The summed E-state index contributed by atoms with van der Waals surface area (Å²) in [5.74, 6) is 1.52. The summed E-state index contributed by atoms with van der Waals surface area (Å²) in [6.45, 7) is 1.72. The van der Waals surface area contributed by atoms with Crippen LogP contribution in [0.4, 0.5) is 0 Å². The quantitative estimate of drug-likeness (QED) is 0.684. The minimum absolute atomic E-state index is 0.0842. The average molecular weight is 322 g/mol. The van der Waals surface area contributed by atoms with Crippen LogP contribution in [0, 0.1) is 0 Å². The third-order valence-electron chi connectivity index (χ3n) is 2.72. The van der Waals surface area contributed by atoms with Gasteiger partial charge in [-0.05, 0) is 0 Å². The van der Waals surface area contributed by atoms with Gasteiger partial charge in [0, 0.05) is 0 Å². The van der Waals surface area contributed by atoms with Gasteiger partial charge in [-0.15, -0.1) is 0 Å². The molecule has 1 aromatic rings. The van der Waals surface area contributed by atoms with E-state index in [0.29, 0.717) is 10.6 Å². The second kappa shape index (κ2) is 5.87. The van der Waals surface area contributed by atoms with Crippen LogP contribution >= 0.6 is 11.6 Å². The number of benzene rings is 1. The van der Waals surface area contributed by atoms with Gasteiger partial charge in [-0.1, -0.05) is 0 Å². The van der Waals surface area contributed by atoms with Gasteiger partial charge in [0.2, 0.25) is 0 Å². The third-order valence-corrected chi connectivity index (χ3v) is 5.57. The number of rotatable bonds is 4. The molecule has 0 aliphatic carbocycles. The van der Waals surface area contributed by atoms with Gasteiger partial charge < -0.3 is 0 Å². The molecule has 0 saturated carbocycles. The molecule has 0 radical (unpaired) electrons. The molecule has 1 rings (SSSR count). The summed E-state index contributed by atoms with van der Waals surface area (Å²) in [7, 11) is 1.33. The molecule has 0 fully saturated rings. The summed E-state index contributed by atoms with van der Waals surface area (Å²) < 4.78 is 3.88. The molecule has 0 aromatic heterocycles. The number of halogens is 1. The summed E-state index contributed by atoms with van der Waals surface area (Å²) >= 11 is 5.70. The van der Waals surface area contributed by atoms with Crippen molar-refractivity contribution in [2.75, 3.05) is 7.11 Å². The number of aliphatic hydroxyl groups excluding tert-OH is 1. The number of hydrogen-bond donors (Lipinski definition) is 1. The zero-order valence-corrected chi connectivity index (χ0v) is 12.4. The second-order valence-corrected chi connectivity index (χ2v) is 6.83. The van der Waals surface area contributed by atoms with Crippen LogP contribution in [0.15, 0.2) is 24.3 Å². The van der Waals surface area contributed by atoms with Crippen molar-refractivity contribution in [2.45, 2.75) is 23.2 Å². The average Bonchev–Trinajstić information content (AvgIpc) is 2.36. The van der Waals surface area contributed by atoms with E-state index in [1.54, 1.807) is 31.2 Å². The molecule has 1 N–H and O–H groups in total. The Kier molecular flexibility index (Phi) is 5.02. The number of carbonyl (C=O) groups is 1. The molecular weight excluding hydrogens is 307 g/mol. The molecular formula is C12H15ClO3Se. The van der Waals surface area contributed by atoms with Crippen LogP contribution in [0.2, 0.25) is 15.2 Å². The van der Waals surface area contributed by atoms with E-state index in [1.165, 1.54) is 7.11 Å². The summed E-state index contributed by atoms with van der Waals surface area (Å²) in [4.78, 5) is 11.8. The first-order valence-corrected chi connectivity index (χ1v) is 7.97. The fourth-order valence-corrected chi connectivity index (χ4v) is 2.88. The van der Waals surface area contributed by atoms with E-state index < -0.39 is 10.4 Å². The molecule has 0 amide bonds. The van der Waals surface area contributed by atoms with Crippen LogP contribution in [0.1, 0.15) is 18.6 Å². The Morgan fingerprint density at radius 2 is 2.00 bits per heavy atom. The van der Waals surface area contributed by atoms with Gasteiger partial charge in [-0.3, -0.25) is 0 Å². The molecule has 1 aromatic carbocycles. The Balaban J connectivity index is 3.04. The van der Waals surface area contributed by atoms with Crippen LogP contribution < -0.4 is 0 Å². The van der Waals surface area contributed by atoms with Crippen molar-refractivity contribution in [1.29, 1.82) is 0 Å². The monoisotopic (exact) mass is 322 g/mol. The van der Waals surface area contributed by atoms with E-state index in [2.05, 4.69) is 0 Å². The first-order chi connectivity index (χ1) is 7.95. The molecule has 0 heterocycles. The Morgan fingerprint density at radius 1 is 1.47 bits per heavy atom. The normalized spacial score (nSPS) is 16.1. The fraction of sp³-hybridized carbons (Fsp3) is 0.417. The predicted octanol–water partition coefficient (Wildman–Crippen LogP) is 2.48. The minimum atomic E-state index is -0.879. The summed E-state index contributed by atoms with van der Waals surface area (Å²) in [6, 6.07) is 6.83. The second-order valence-electron chi connectivity index (χ2n) is 3.76. The van der Waals surface area contributed by atoms with Crippen molar-refractivity contribution in [1.82, 2.24) is 0 Å². The van der Waals surface area contributed by atoms with E-state index in [4.69, 9.17) is 16.3 Å². The molecule has 17 heavy (non-hydrogen) atoms. The molecule has 0 aliphatic rings. The van der Waals surface area contributed by atoms with Gasteiger partial charge in [0.25, 0.3) is 0 Å². The number of esters is 1. The van der Waals surface area contributed by atoms with Crippen LogP contribution in [0.25, 0.3) is 0 Å². The molecule has 94 valence electrons. The van der Waals surface area contributed by atoms with Gasteiger partial charge >= 0.3 is 112 Å². The molecule has 0 spiro atoms. The molecule has 0 unspecified atom stereocenters. The van der Waals surface area contributed by atoms with Crippen molar-refractivity contribution in [3.8, 4) is 0 Å². The number of aliphatic hydroxyl groups is 1. The third kappa shape index (κ3) is 3.02. The SMILES string of the molecule is COC(=O)[C@@](C)([Se]C)[C@H](O)c1ccc(Cl)cc1. The number of hydrogen-bond acceptors (Lipinski definition) is 3. The van der Waals surface area contributed by atoms with Crippen LogP contribution in [0.3, 0.4) is 0 Å². The standard InChI is InChI=1S/C12H15ClO3Se/c1-12(17-3,11(15)16-2)10(14)8-4-6-9(13)7-5-8/h4-7,10,14H,1-3H3/t10-,12+/m1/s1. The molecule has 0 aliphatic heterocycles. The fourth-order valence-electron chi connectivity index (χ4n) is 1.47. The number of carbonyl (C=O) groups excluding carboxylic acids is 1. The first-order valence-electron chi connectivity index (χ1n) is 5.02. The summed E-state index contributed by atoms with van der Waals surface area (Å²) in [5, 5.41) is 10.9. The van der Waals surface area contributed by atoms with E-state index in [9.17, 15) is 9.90 Å². The maximum atomic E-state index is 11.8. The molecule has 2 atom stereocenters. The summed E-state index contributed by atoms with van der Waals surface area (Å²) in [6.07, 6.45) is -0.878. The molecule has 3 nitrogen and oxygen atoms in total. The van der Waals surface area contributed by atoms with Crippen molar-refractivity contribution >= 4 is 32.5 Å². The zero-order chi connectivity index (χ0) is 13.1. The van der Waals surface area contributed by atoms with Crippen molar-refractivity contribution in [3.63, 3.8) is 0 Å². The van der Waals surface area contributed by atoms with Gasteiger partial charge in [-0.2, -0.15) is 0 Å². The van der Waals surface area contributed by atoms with Crippen molar-refractivity contribution in [3.05, 3.63) is 34.9 Å². The van der Waals surface area contributed by atoms with Crippen LogP contribution in [-0.4, -0.2) is 33.1 Å². The Bertz CT molecular complexity index is 393. The van der Waals surface area contributed by atoms with E-state index in [-0.39, 0.29) is 20.9 Å². The molecule has 0 bridgehead atoms.